The molecule has 0 aromatic heterocycles. The van der Waals surface area contributed by atoms with Crippen LogP contribution >= 0.6 is 0 Å². The number of para-hydroxylation sites is 2. The van der Waals surface area contributed by atoms with Crippen molar-refractivity contribution < 1.29 is 14.3 Å². The van der Waals surface area contributed by atoms with E-state index in [0.717, 1.165) is 11.3 Å². The van der Waals surface area contributed by atoms with Gasteiger partial charge in [0.05, 0.1) is 20.8 Å². The van der Waals surface area contributed by atoms with Crippen LogP contribution in [-0.2, 0) is 11.3 Å². The van der Waals surface area contributed by atoms with Crippen LogP contribution in [0.15, 0.2) is 36.4 Å². The summed E-state index contributed by atoms with van der Waals surface area (Å²) in [5, 5.41) is 3.17. The lowest BCUT2D eigenvalue weighted by atomic mass is 9.92. The molecule has 0 aliphatic heterocycles. The van der Waals surface area contributed by atoms with E-state index >= 15 is 0 Å². The second kappa shape index (κ2) is 10.3. The number of ether oxygens (including phenoxy) is 2. The molecule has 0 unspecified atom stereocenters. The van der Waals surface area contributed by atoms with Crippen molar-refractivity contribution in [3.05, 3.63) is 53.1 Å². The number of carbonyl (C=O) groups excluding carboxylic acids is 1. The van der Waals surface area contributed by atoms with Gasteiger partial charge in [0.2, 0.25) is 5.91 Å². The lowest BCUT2D eigenvalue weighted by Gasteiger charge is -2.22. The van der Waals surface area contributed by atoms with E-state index in [1.165, 1.54) is 11.1 Å². The van der Waals surface area contributed by atoms with E-state index in [1.807, 2.05) is 30.1 Å². The van der Waals surface area contributed by atoms with Gasteiger partial charge >= 0.3 is 0 Å². The van der Waals surface area contributed by atoms with Gasteiger partial charge in [-0.3, -0.25) is 9.69 Å². The molecule has 2 rings (SSSR count). The molecule has 0 heterocycles. The molecule has 0 saturated carbocycles. The minimum absolute atomic E-state index is 0.0237. The lowest BCUT2D eigenvalue weighted by molar-refractivity contribution is -0.117. The maximum absolute atomic E-state index is 12.8. The predicted molar refractivity (Wildman–Crippen MR) is 119 cm³/mol. The SMILES string of the molecule is COc1cccc(CN(C)CC(=O)Nc2c(C(C)C)cccc2C(C)C)c1OC. The summed E-state index contributed by atoms with van der Waals surface area (Å²) in [4.78, 5) is 14.8. The van der Waals surface area contributed by atoms with Crippen LogP contribution in [0.4, 0.5) is 5.69 Å². The summed E-state index contributed by atoms with van der Waals surface area (Å²) in [6.07, 6.45) is 0. The quantitative estimate of drug-likeness (QED) is 0.644. The highest BCUT2D eigenvalue weighted by atomic mass is 16.5. The smallest absolute Gasteiger partial charge is 0.238 e. The summed E-state index contributed by atoms with van der Waals surface area (Å²) in [5.41, 5.74) is 4.27. The first-order valence-electron chi connectivity index (χ1n) is 10.1. The van der Waals surface area contributed by atoms with E-state index in [9.17, 15) is 4.79 Å². The molecule has 1 N–H and O–H groups in total. The zero-order chi connectivity index (χ0) is 21.6. The van der Waals surface area contributed by atoms with Crippen LogP contribution in [-0.4, -0.2) is 38.6 Å². The third kappa shape index (κ3) is 5.73. The van der Waals surface area contributed by atoms with Crippen molar-refractivity contribution in [3.8, 4) is 11.5 Å². The molecule has 5 nitrogen and oxygen atoms in total. The standard InChI is InChI=1S/C24H34N2O3/c1-16(2)19-11-9-12-20(17(3)4)23(19)25-22(27)15-26(5)14-18-10-8-13-21(28-6)24(18)29-7/h8-13,16-17H,14-15H2,1-7H3,(H,25,27). The van der Waals surface area contributed by atoms with Crippen LogP contribution in [0.25, 0.3) is 0 Å². The maximum atomic E-state index is 12.8. The van der Waals surface area contributed by atoms with Gasteiger partial charge in [0, 0.05) is 17.8 Å². The number of methoxy groups -OCH3 is 2. The summed E-state index contributed by atoms with van der Waals surface area (Å²) < 4.78 is 10.9. The molecule has 0 saturated heterocycles. The Morgan fingerprint density at radius 1 is 0.966 bits per heavy atom. The Kier molecular flexibility index (Phi) is 8.09. The second-order valence-corrected chi connectivity index (χ2v) is 7.99. The van der Waals surface area contributed by atoms with Crippen molar-refractivity contribution in [2.24, 2.45) is 0 Å². The normalized spacial score (nSPS) is 11.2. The fraction of sp³-hybridized carbons (Fsp3) is 0.458. The maximum Gasteiger partial charge on any atom is 0.238 e. The van der Waals surface area contributed by atoms with Gasteiger partial charge in [0.25, 0.3) is 0 Å². The fourth-order valence-corrected chi connectivity index (χ4v) is 3.54. The third-order valence-electron chi connectivity index (χ3n) is 4.98. The Morgan fingerprint density at radius 3 is 2.07 bits per heavy atom. The lowest BCUT2D eigenvalue weighted by Crippen LogP contribution is -2.30. The molecular weight excluding hydrogens is 364 g/mol. The van der Waals surface area contributed by atoms with E-state index < -0.39 is 0 Å². The molecule has 0 atom stereocenters. The van der Waals surface area contributed by atoms with Crippen LogP contribution in [0.1, 0.15) is 56.2 Å². The first kappa shape index (κ1) is 22.8. The van der Waals surface area contributed by atoms with E-state index in [-0.39, 0.29) is 12.5 Å². The Balaban J connectivity index is 2.14. The number of anilines is 1. The molecule has 2 aromatic carbocycles. The zero-order valence-corrected chi connectivity index (χ0v) is 18.7. The van der Waals surface area contributed by atoms with Gasteiger partial charge < -0.3 is 14.8 Å². The molecular formula is C24H34N2O3. The molecule has 29 heavy (non-hydrogen) atoms. The van der Waals surface area contributed by atoms with Crippen LogP contribution in [0.3, 0.4) is 0 Å². The number of likely N-dealkylation sites (N-methyl/N-ethyl adjacent to an activating group) is 1. The average Bonchev–Trinajstić information content (AvgIpc) is 2.67. The van der Waals surface area contributed by atoms with Crippen LogP contribution in [0, 0.1) is 0 Å². The number of nitrogens with zero attached hydrogens (tertiary/aromatic N) is 1. The summed E-state index contributed by atoms with van der Waals surface area (Å²) in [6, 6.07) is 12.0. The molecule has 0 spiro atoms. The van der Waals surface area contributed by atoms with Gasteiger partial charge in [-0.15, -0.1) is 0 Å². The summed E-state index contributed by atoms with van der Waals surface area (Å²) in [7, 11) is 5.18. The highest BCUT2D eigenvalue weighted by molar-refractivity contribution is 5.94. The van der Waals surface area contributed by atoms with Crippen molar-refractivity contribution >= 4 is 11.6 Å². The highest BCUT2D eigenvalue weighted by Crippen LogP contribution is 2.33. The summed E-state index contributed by atoms with van der Waals surface area (Å²) >= 11 is 0. The van der Waals surface area contributed by atoms with Crippen molar-refractivity contribution in [3.63, 3.8) is 0 Å². The van der Waals surface area contributed by atoms with Gasteiger partial charge in [-0.05, 0) is 36.1 Å². The molecule has 0 fully saturated rings. The topological polar surface area (TPSA) is 50.8 Å². The number of rotatable bonds is 9. The summed E-state index contributed by atoms with van der Waals surface area (Å²) in [5.74, 6) is 2.04. The predicted octanol–water partition coefficient (Wildman–Crippen LogP) is 5.02. The second-order valence-electron chi connectivity index (χ2n) is 7.99. The van der Waals surface area contributed by atoms with Gasteiger partial charge in [0.1, 0.15) is 0 Å². The Labute approximate surface area is 175 Å². The Morgan fingerprint density at radius 2 is 1.55 bits per heavy atom. The molecule has 0 bridgehead atoms. The van der Waals surface area contributed by atoms with Gasteiger partial charge in [-0.1, -0.05) is 58.0 Å². The van der Waals surface area contributed by atoms with Crippen LogP contribution in [0.2, 0.25) is 0 Å². The molecule has 1 amide bonds. The molecule has 2 aromatic rings. The molecule has 5 heteroatoms. The van der Waals surface area contributed by atoms with E-state index in [2.05, 4.69) is 51.2 Å². The van der Waals surface area contributed by atoms with Crippen LogP contribution < -0.4 is 14.8 Å². The number of hydrogen-bond donors (Lipinski definition) is 1. The first-order valence-corrected chi connectivity index (χ1v) is 10.1. The molecule has 0 aliphatic carbocycles. The molecule has 0 aliphatic rings. The fourth-order valence-electron chi connectivity index (χ4n) is 3.54. The minimum Gasteiger partial charge on any atom is -0.493 e. The average molecular weight is 399 g/mol. The Hall–Kier alpha value is -2.53. The van der Waals surface area contributed by atoms with Crippen molar-refractivity contribution in [1.29, 1.82) is 0 Å². The van der Waals surface area contributed by atoms with Gasteiger partial charge in [-0.25, -0.2) is 0 Å². The largest absolute Gasteiger partial charge is 0.493 e. The number of hydrogen-bond acceptors (Lipinski definition) is 4. The zero-order valence-electron chi connectivity index (χ0n) is 18.7. The third-order valence-corrected chi connectivity index (χ3v) is 4.98. The van der Waals surface area contributed by atoms with E-state index in [4.69, 9.17) is 9.47 Å². The van der Waals surface area contributed by atoms with Crippen LogP contribution in [0.5, 0.6) is 11.5 Å². The number of benzene rings is 2. The monoisotopic (exact) mass is 398 g/mol. The number of carbonyl (C=O) groups is 1. The van der Waals surface area contributed by atoms with Crippen molar-refractivity contribution in [2.75, 3.05) is 33.1 Å². The Bertz CT molecular complexity index is 805. The van der Waals surface area contributed by atoms with Crippen molar-refractivity contribution in [1.82, 2.24) is 4.90 Å². The summed E-state index contributed by atoms with van der Waals surface area (Å²) in [6.45, 7) is 9.46. The van der Waals surface area contributed by atoms with Gasteiger partial charge in [0.15, 0.2) is 11.5 Å². The first-order chi connectivity index (χ1) is 13.8. The molecule has 158 valence electrons. The number of amides is 1. The van der Waals surface area contributed by atoms with E-state index in [0.29, 0.717) is 29.9 Å². The number of nitrogens with one attached hydrogen (secondary N) is 1. The molecule has 0 radical (unpaired) electrons. The van der Waals surface area contributed by atoms with Gasteiger partial charge in [-0.2, -0.15) is 0 Å². The van der Waals surface area contributed by atoms with Crippen molar-refractivity contribution in [2.45, 2.75) is 46.1 Å². The highest BCUT2D eigenvalue weighted by Gasteiger charge is 2.18. The minimum atomic E-state index is -0.0237. The van der Waals surface area contributed by atoms with E-state index in [1.54, 1.807) is 14.2 Å².